The number of ether oxygens (including phenoxy) is 4. The van der Waals surface area contributed by atoms with Gasteiger partial charge in [0.2, 0.25) is 5.43 Å². The Bertz CT molecular complexity index is 1430. The summed E-state index contributed by atoms with van der Waals surface area (Å²) in [4.78, 5) is 26.1. The largest absolute Gasteiger partial charge is 0.497 e. The molecule has 1 aliphatic rings. The quantitative estimate of drug-likeness (QED) is 0.310. The van der Waals surface area contributed by atoms with Gasteiger partial charge in [-0.25, -0.2) is 0 Å². The summed E-state index contributed by atoms with van der Waals surface area (Å²) in [5.74, 6) is 1.27. The SMILES string of the molecule is COc1ccc(-c2coc3c4c(cc(OC)c3c2=O)OC(=O)CC4c2ccc(OC)cc2)cc1. The van der Waals surface area contributed by atoms with Crippen LogP contribution in [0.1, 0.15) is 23.5 Å². The Hall–Kier alpha value is -4.26. The summed E-state index contributed by atoms with van der Waals surface area (Å²) < 4.78 is 27.6. The van der Waals surface area contributed by atoms with Crippen LogP contribution in [0, 0.1) is 0 Å². The Morgan fingerprint density at radius 2 is 1.50 bits per heavy atom. The number of hydrogen-bond donors (Lipinski definition) is 0. The Labute approximate surface area is 195 Å². The molecule has 0 fully saturated rings. The maximum Gasteiger partial charge on any atom is 0.312 e. The summed E-state index contributed by atoms with van der Waals surface area (Å²) in [7, 11) is 4.64. The summed E-state index contributed by atoms with van der Waals surface area (Å²) >= 11 is 0. The number of hydrogen-bond acceptors (Lipinski definition) is 7. The minimum Gasteiger partial charge on any atom is -0.497 e. The molecule has 0 saturated carbocycles. The summed E-state index contributed by atoms with van der Waals surface area (Å²) in [5, 5.41) is 0.297. The van der Waals surface area contributed by atoms with Crippen molar-refractivity contribution in [3.63, 3.8) is 0 Å². The second kappa shape index (κ2) is 8.59. The zero-order valence-electron chi connectivity index (χ0n) is 18.9. The molecule has 5 rings (SSSR count). The van der Waals surface area contributed by atoms with Crippen LogP contribution in [0.4, 0.5) is 0 Å². The number of methoxy groups -OCH3 is 3. The predicted octanol–water partition coefficient (Wildman–Crippen LogP) is 4.93. The van der Waals surface area contributed by atoms with Crippen LogP contribution in [0.5, 0.6) is 23.0 Å². The molecule has 1 aliphatic heterocycles. The van der Waals surface area contributed by atoms with Crippen molar-refractivity contribution in [2.24, 2.45) is 0 Å². The number of esters is 1. The summed E-state index contributed by atoms with van der Waals surface area (Å²) in [6, 6.07) is 16.2. The lowest BCUT2D eigenvalue weighted by Gasteiger charge is -2.26. The molecule has 0 N–H and O–H groups in total. The molecule has 0 saturated heterocycles. The fourth-order valence-electron chi connectivity index (χ4n) is 4.37. The van der Waals surface area contributed by atoms with Gasteiger partial charge in [0.15, 0.2) is 0 Å². The highest BCUT2D eigenvalue weighted by atomic mass is 16.5. The van der Waals surface area contributed by atoms with E-state index in [1.165, 1.54) is 13.4 Å². The van der Waals surface area contributed by atoms with Crippen LogP contribution in [-0.4, -0.2) is 27.3 Å². The van der Waals surface area contributed by atoms with Crippen LogP contribution >= 0.6 is 0 Å². The standard InChI is InChI=1S/C27H22O7/c1-30-17-8-4-15(5-9-17)19-12-23(28)34-22-13-21(32-3)25-26(29)20(14-33-27(25)24(19)22)16-6-10-18(31-2)11-7-16/h4-11,13-14,19H,12H2,1-3H3. The minimum atomic E-state index is -0.369. The predicted molar refractivity (Wildman–Crippen MR) is 126 cm³/mol. The third-order valence-corrected chi connectivity index (χ3v) is 6.09. The van der Waals surface area contributed by atoms with Gasteiger partial charge in [-0.05, 0) is 35.4 Å². The van der Waals surface area contributed by atoms with Crippen molar-refractivity contribution in [2.45, 2.75) is 12.3 Å². The van der Waals surface area contributed by atoms with E-state index in [0.29, 0.717) is 44.9 Å². The first-order valence-corrected chi connectivity index (χ1v) is 10.7. The molecule has 1 atom stereocenters. The van der Waals surface area contributed by atoms with Gasteiger partial charge in [-0.2, -0.15) is 0 Å². The molecular formula is C27H22O7. The maximum atomic E-state index is 13.6. The number of rotatable bonds is 5. The molecule has 7 heteroatoms. The average molecular weight is 458 g/mol. The fourth-order valence-corrected chi connectivity index (χ4v) is 4.37. The molecule has 1 unspecified atom stereocenters. The second-order valence-corrected chi connectivity index (χ2v) is 7.91. The highest BCUT2D eigenvalue weighted by molar-refractivity contribution is 5.94. The molecule has 3 aromatic carbocycles. The molecule has 0 spiro atoms. The Morgan fingerprint density at radius 1 is 0.853 bits per heavy atom. The number of carbonyl (C=O) groups is 1. The zero-order valence-corrected chi connectivity index (χ0v) is 18.9. The third kappa shape index (κ3) is 3.55. The molecule has 4 aromatic rings. The van der Waals surface area contributed by atoms with Gasteiger partial charge >= 0.3 is 5.97 Å². The Kier molecular flexibility index (Phi) is 5.45. The molecule has 2 heterocycles. The van der Waals surface area contributed by atoms with Gasteiger partial charge in [-0.15, -0.1) is 0 Å². The van der Waals surface area contributed by atoms with E-state index in [0.717, 1.165) is 5.56 Å². The first-order valence-electron chi connectivity index (χ1n) is 10.7. The van der Waals surface area contributed by atoms with Crippen LogP contribution in [-0.2, 0) is 4.79 Å². The van der Waals surface area contributed by atoms with Crippen molar-refractivity contribution in [2.75, 3.05) is 21.3 Å². The lowest BCUT2D eigenvalue weighted by atomic mass is 9.85. The number of benzene rings is 3. The van der Waals surface area contributed by atoms with E-state index in [4.69, 9.17) is 23.4 Å². The normalized spacial score (nSPS) is 14.9. The van der Waals surface area contributed by atoms with E-state index in [2.05, 4.69) is 0 Å². The van der Waals surface area contributed by atoms with Crippen LogP contribution in [0.3, 0.4) is 0 Å². The van der Waals surface area contributed by atoms with Gasteiger partial charge in [0.1, 0.15) is 40.2 Å². The van der Waals surface area contributed by atoms with Gasteiger partial charge in [-0.1, -0.05) is 24.3 Å². The van der Waals surface area contributed by atoms with Crippen LogP contribution < -0.4 is 24.4 Å². The van der Waals surface area contributed by atoms with Gasteiger partial charge in [0, 0.05) is 17.5 Å². The van der Waals surface area contributed by atoms with Gasteiger partial charge < -0.3 is 23.4 Å². The first-order chi connectivity index (χ1) is 16.5. The van der Waals surface area contributed by atoms with Crippen LogP contribution in [0.2, 0.25) is 0 Å². The van der Waals surface area contributed by atoms with E-state index in [1.54, 1.807) is 44.6 Å². The molecule has 34 heavy (non-hydrogen) atoms. The molecule has 0 amide bonds. The molecule has 172 valence electrons. The molecular weight excluding hydrogens is 436 g/mol. The number of carbonyl (C=O) groups excluding carboxylic acids is 1. The van der Waals surface area contributed by atoms with Crippen LogP contribution in [0.25, 0.3) is 22.1 Å². The van der Waals surface area contributed by atoms with Crippen molar-refractivity contribution >= 4 is 16.9 Å². The fraction of sp³-hybridized carbons (Fsp3) is 0.185. The highest BCUT2D eigenvalue weighted by Crippen LogP contribution is 2.46. The van der Waals surface area contributed by atoms with Gasteiger partial charge in [-0.3, -0.25) is 9.59 Å². The molecule has 0 bridgehead atoms. The summed E-state index contributed by atoms with van der Waals surface area (Å²) in [6.45, 7) is 0. The topological polar surface area (TPSA) is 84.2 Å². The van der Waals surface area contributed by atoms with Gasteiger partial charge in [0.05, 0.1) is 33.3 Å². The van der Waals surface area contributed by atoms with E-state index >= 15 is 0 Å². The monoisotopic (exact) mass is 458 g/mol. The van der Waals surface area contributed by atoms with Crippen molar-refractivity contribution in [1.82, 2.24) is 0 Å². The van der Waals surface area contributed by atoms with E-state index in [-0.39, 0.29) is 29.5 Å². The summed E-state index contributed by atoms with van der Waals surface area (Å²) in [5.41, 5.74) is 2.70. The van der Waals surface area contributed by atoms with E-state index < -0.39 is 0 Å². The lowest BCUT2D eigenvalue weighted by molar-refractivity contribution is -0.135. The molecule has 0 radical (unpaired) electrons. The van der Waals surface area contributed by atoms with Crippen LogP contribution in [0.15, 0.2) is 70.1 Å². The summed E-state index contributed by atoms with van der Waals surface area (Å²) in [6.07, 6.45) is 1.55. The van der Waals surface area contributed by atoms with Crippen molar-refractivity contribution < 1.29 is 28.2 Å². The van der Waals surface area contributed by atoms with E-state index in [1.807, 2.05) is 24.3 Å². The van der Waals surface area contributed by atoms with Crippen molar-refractivity contribution in [1.29, 1.82) is 0 Å². The van der Waals surface area contributed by atoms with Gasteiger partial charge in [0.25, 0.3) is 0 Å². The Morgan fingerprint density at radius 3 is 2.12 bits per heavy atom. The smallest absolute Gasteiger partial charge is 0.312 e. The molecule has 1 aromatic heterocycles. The lowest BCUT2D eigenvalue weighted by Crippen LogP contribution is -2.22. The second-order valence-electron chi connectivity index (χ2n) is 7.91. The molecule has 7 nitrogen and oxygen atoms in total. The Balaban J connectivity index is 1.74. The van der Waals surface area contributed by atoms with Crippen molar-refractivity contribution in [3.8, 4) is 34.1 Å². The maximum absolute atomic E-state index is 13.6. The van der Waals surface area contributed by atoms with Crippen molar-refractivity contribution in [3.05, 3.63) is 82.2 Å². The number of fused-ring (bicyclic) bond motifs is 3. The highest BCUT2D eigenvalue weighted by Gasteiger charge is 2.34. The molecule has 0 aliphatic carbocycles. The zero-order chi connectivity index (χ0) is 23.8. The minimum absolute atomic E-state index is 0.116. The first kappa shape index (κ1) is 21.6. The van der Waals surface area contributed by atoms with E-state index in [9.17, 15) is 9.59 Å². The third-order valence-electron chi connectivity index (χ3n) is 6.09. The average Bonchev–Trinajstić information content (AvgIpc) is 2.87.